The highest BCUT2D eigenvalue weighted by Gasteiger charge is 2.37. The van der Waals surface area contributed by atoms with Crippen molar-refractivity contribution in [3.05, 3.63) is 58.8 Å². The number of carbonyl (C=O) groups excluding carboxylic acids is 1. The SMILES string of the molecule is O=C(O)C[C@@H](c1cccc(C(F)(F)F)c1)N1CCN(CCCc2ccc3c(n2)NCCC3)C1=O. The molecule has 0 spiro atoms. The zero-order chi connectivity index (χ0) is 24.3. The first-order chi connectivity index (χ1) is 16.2. The van der Waals surface area contributed by atoms with Gasteiger partial charge in [0.2, 0.25) is 0 Å². The van der Waals surface area contributed by atoms with E-state index in [0.717, 1.165) is 43.0 Å². The summed E-state index contributed by atoms with van der Waals surface area (Å²) in [5, 5.41) is 12.7. The normalized spacial score (nSPS) is 16.9. The van der Waals surface area contributed by atoms with Crippen LogP contribution in [0.3, 0.4) is 0 Å². The van der Waals surface area contributed by atoms with Crippen molar-refractivity contribution in [1.29, 1.82) is 0 Å². The van der Waals surface area contributed by atoms with Crippen molar-refractivity contribution in [1.82, 2.24) is 14.8 Å². The molecule has 34 heavy (non-hydrogen) atoms. The number of hydrogen-bond donors (Lipinski definition) is 2. The minimum atomic E-state index is -4.55. The molecule has 10 heteroatoms. The number of aryl methyl sites for hydroxylation is 2. The Morgan fingerprint density at radius 3 is 2.79 bits per heavy atom. The zero-order valence-corrected chi connectivity index (χ0v) is 18.6. The molecule has 2 aliphatic heterocycles. The number of rotatable bonds is 8. The maximum atomic E-state index is 13.2. The van der Waals surface area contributed by atoms with Crippen molar-refractivity contribution in [3.8, 4) is 0 Å². The topological polar surface area (TPSA) is 85.8 Å². The average molecular weight is 476 g/mol. The average Bonchev–Trinajstić information content (AvgIpc) is 3.17. The zero-order valence-electron chi connectivity index (χ0n) is 18.6. The van der Waals surface area contributed by atoms with Gasteiger partial charge in [0.15, 0.2) is 0 Å². The Morgan fingerprint density at radius 1 is 1.21 bits per heavy atom. The third kappa shape index (κ3) is 5.43. The van der Waals surface area contributed by atoms with E-state index in [4.69, 9.17) is 0 Å². The van der Waals surface area contributed by atoms with Gasteiger partial charge in [-0.25, -0.2) is 9.78 Å². The van der Waals surface area contributed by atoms with E-state index >= 15 is 0 Å². The maximum absolute atomic E-state index is 13.2. The number of nitrogens with one attached hydrogen (secondary N) is 1. The van der Waals surface area contributed by atoms with Crippen molar-refractivity contribution < 1.29 is 27.9 Å². The van der Waals surface area contributed by atoms with Crippen LogP contribution in [-0.2, 0) is 23.8 Å². The van der Waals surface area contributed by atoms with Crippen LogP contribution in [0.5, 0.6) is 0 Å². The molecule has 2 aromatic rings. The molecule has 1 atom stereocenters. The molecule has 1 aromatic carbocycles. The van der Waals surface area contributed by atoms with E-state index in [2.05, 4.69) is 16.4 Å². The fraction of sp³-hybridized carbons (Fsp3) is 0.458. The van der Waals surface area contributed by atoms with Crippen LogP contribution < -0.4 is 5.32 Å². The lowest BCUT2D eigenvalue weighted by Crippen LogP contribution is -2.36. The Kier molecular flexibility index (Phi) is 6.95. The first-order valence-corrected chi connectivity index (χ1v) is 11.4. The minimum Gasteiger partial charge on any atom is -0.481 e. The monoisotopic (exact) mass is 476 g/mol. The summed E-state index contributed by atoms with van der Waals surface area (Å²) in [4.78, 5) is 32.1. The maximum Gasteiger partial charge on any atom is 0.416 e. The summed E-state index contributed by atoms with van der Waals surface area (Å²) in [5.74, 6) is -0.259. The summed E-state index contributed by atoms with van der Waals surface area (Å²) in [5.41, 5.74) is 1.44. The smallest absolute Gasteiger partial charge is 0.416 e. The Hall–Kier alpha value is -3.30. The van der Waals surface area contributed by atoms with E-state index in [1.807, 2.05) is 6.07 Å². The molecule has 2 amide bonds. The van der Waals surface area contributed by atoms with E-state index in [-0.39, 0.29) is 18.1 Å². The predicted molar refractivity (Wildman–Crippen MR) is 119 cm³/mol. The number of fused-ring (bicyclic) bond motifs is 1. The number of benzene rings is 1. The van der Waals surface area contributed by atoms with Crippen LogP contribution in [0.15, 0.2) is 36.4 Å². The fourth-order valence-corrected chi connectivity index (χ4v) is 4.55. The van der Waals surface area contributed by atoms with Gasteiger partial charge in [-0.15, -0.1) is 0 Å². The molecule has 7 nitrogen and oxygen atoms in total. The van der Waals surface area contributed by atoms with Gasteiger partial charge in [-0.1, -0.05) is 18.2 Å². The predicted octanol–water partition coefficient (Wildman–Crippen LogP) is 4.34. The van der Waals surface area contributed by atoms with E-state index in [1.165, 1.54) is 22.6 Å². The van der Waals surface area contributed by atoms with Gasteiger partial charge < -0.3 is 20.2 Å². The number of carbonyl (C=O) groups is 2. The van der Waals surface area contributed by atoms with Crippen LogP contribution >= 0.6 is 0 Å². The van der Waals surface area contributed by atoms with Crippen LogP contribution in [0.2, 0.25) is 0 Å². The largest absolute Gasteiger partial charge is 0.481 e. The van der Waals surface area contributed by atoms with E-state index < -0.39 is 30.2 Å². The summed E-state index contributed by atoms with van der Waals surface area (Å²) in [6.45, 7) is 2.02. The summed E-state index contributed by atoms with van der Waals surface area (Å²) in [6, 6.07) is 7.30. The highest BCUT2D eigenvalue weighted by Crippen LogP contribution is 2.34. The third-order valence-electron chi connectivity index (χ3n) is 6.28. The fourth-order valence-electron chi connectivity index (χ4n) is 4.55. The number of pyridine rings is 1. The van der Waals surface area contributed by atoms with Gasteiger partial charge in [-0.2, -0.15) is 13.2 Å². The Labute approximate surface area is 195 Å². The quantitative estimate of drug-likeness (QED) is 0.592. The van der Waals surface area contributed by atoms with Crippen LogP contribution in [-0.4, -0.2) is 58.1 Å². The van der Waals surface area contributed by atoms with Gasteiger partial charge in [0.25, 0.3) is 0 Å². The lowest BCUT2D eigenvalue weighted by Gasteiger charge is -2.28. The number of carboxylic acids is 1. The molecule has 3 heterocycles. The van der Waals surface area contributed by atoms with Gasteiger partial charge in [-0.05, 0) is 55.0 Å². The number of anilines is 1. The Balaban J connectivity index is 1.40. The first-order valence-electron chi connectivity index (χ1n) is 11.4. The van der Waals surface area contributed by atoms with E-state index in [0.29, 0.717) is 25.9 Å². The van der Waals surface area contributed by atoms with Crippen molar-refractivity contribution in [3.63, 3.8) is 0 Å². The number of hydrogen-bond acceptors (Lipinski definition) is 4. The number of nitrogens with zero attached hydrogens (tertiary/aromatic N) is 3. The van der Waals surface area contributed by atoms with Gasteiger partial charge in [0, 0.05) is 31.9 Å². The highest BCUT2D eigenvalue weighted by molar-refractivity contribution is 5.78. The van der Waals surface area contributed by atoms with E-state index in [1.54, 1.807) is 4.90 Å². The molecule has 0 radical (unpaired) electrons. The van der Waals surface area contributed by atoms with Crippen LogP contribution in [0.25, 0.3) is 0 Å². The second kappa shape index (κ2) is 9.90. The molecule has 0 unspecified atom stereocenters. The molecule has 2 aliphatic rings. The van der Waals surface area contributed by atoms with Crippen LogP contribution in [0.4, 0.5) is 23.8 Å². The standard InChI is InChI=1S/C24H27F3N4O3/c25-24(26,27)18-6-1-4-17(14-18)20(15-21(32)33)31-13-12-30(23(31)34)11-3-7-19-9-8-16-5-2-10-28-22(16)29-19/h1,4,6,8-9,14,20H,2-3,5,7,10-13,15H2,(H,28,29)(H,32,33)/t20-/m0/s1. The number of amides is 2. The molecule has 1 saturated heterocycles. The summed E-state index contributed by atoms with van der Waals surface area (Å²) >= 11 is 0. The molecule has 182 valence electrons. The van der Waals surface area contributed by atoms with Crippen molar-refractivity contribution in [2.45, 2.75) is 44.3 Å². The molecule has 0 saturated carbocycles. The number of halogens is 3. The Bertz CT molecular complexity index is 1060. The summed E-state index contributed by atoms with van der Waals surface area (Å²) in [7, 11) is 0. The minimum absolute atomic E-state index is 0.165. The number of urea groups is 1. The second-order valence-corrected chi connectivity index (χ2v) is 8.64. The van der Waals surface area contributed by atoms with Gasteiger partial charge in [0.05, 0.1) is 18.0 Å². The molecular formula is C24H27F3N4O3. The second-order valence-electron chi connectivity index (χ2n) is 8.64. The first kappa shape index (κ1) is 23.8. The van der Waals surface area contributed by atoms with Gasteiger partial charge >= 0.3 is 18.2 Å². The van der Waals surface area contributed by atoms with Crippen molar-refractivity contribution in [2.24, 2.45) is 0 Å². The highest BCUT2D eigenvalue weighted by atomic mass is 19.4. The van der Waals surface area contributed by atoms with Crippen molar-refractivity contribution >= 4 is 17.8 Å². The number of carboxylic acid groups (broad SMARTS) is 1. The number of aromatic nitrogens is 1. The third-order valence-corrected chi connectivity index (χ3v) is 6.28. The molecule has 2 N–H and O–H groups in total. The van der Waals surface area contributed by atoms with Crippen LogP contribution in [0, 0.1) is 0 Å². The van der Waals surface area contributed by atoms with Crippen LogP contribution in [0.1, 0.15) is 47.7 Å². The summed E-state index contributed by atoms with van der Waals surface area (Å²) in [6.07, 6.45) is -1.55. The van der Waals surface area contributed by atoms with Crippen molar-refractivity contribution in [2.75, 3.05) is 31.5 Å². The Morgan fingerprint density at radius 2 is 2.03 bits per heavy atom. The molecule has 4 rings (SSSR count). The van der Waals surface area contributed by atoms with Gasteiger partial charge in [0.1, 0.15) is 5.82 Å². The molecule has 0 bridgehead atoms. The van der Waals surface area contributed by atoms with E-state index in [9.17, 15) is 27.9 Å². The molecule has 1 aromatic heterocycles. The molecule has 0 aliphatic carbocycles. The molecule has 1 fully saturated rings. The summed E-state index contributed by atoms with van der Waals surface area (Å²) < 4.78 is 39.5. The lowest BCUT2D eigenvalue weighted by atomic mass is 10.00. The number of aliphatic carboxylic acids is 1. The number of alkyl halides is 3. The lowest BCUT2D eigenvalue weighted by molar-refractivity contribution is -0.138. The molecular weight excluding hydrogens is 449 g/mol. The van der Waals surface area contributed by atoms with Gasteiger partial charge in [-0.3, -0.25) is 4.79 Å².